The van der Waals surface area contributed by atoms with Crippen LogP contribution in [0.15, 0.2) is 53.5 Å². The number of methoxy groups -OCH3 is 1. The summed E-state index contributed by atoms with van der Waals surface area (Å²) in [4.78, 5) is 17.2. The van der Waals surface area contributed by atoms with Crippen molar-refractivity contribution in [1.82, 2.24) is 15.5 Å². The minimum atomic E-state index is -0.394. The van der Waals surface area contributed by atoms with Gasteiger partial charge in [0.25, 0.3) is 5.69 Å². The average Bonchev–Trinajstić information content (AvgIpc) is 3.31. The van der Waals surface area contributed by atoms with E-state index in [2.05, 4.69) is 32.7 Å². The molecule has 0 aliphatic carbocycles. The number of halogens is 1. The monoisotopic (exact) mass is 539 g/mol. The van der Waals surface area contributed by atoms with Crippen LogP contribution in [0, 0.1) is 10.1 Å². The standard InChI is InChI=1S/C22H29N5O3.HI/c1-23-22(24-15-17-8-10-19(11-9-17)27(28)29)25-16-21(26-12-3-4-13-26)18-6-5-7-20(14-18)30-2;/h5-11,14,21H,3-4,12-13,15-16H2,1-2H3,(H2,23,24,25);1H. The minimum Gasteiger partial charge on any atom is -0.497 e. The van der Waals surface area contributed by atoms with Crippen molar-refractivity contribution in [3.63, 3.8) is 0 Å². The van der Waals surface area contributed by atoms with Gasteiger partial charge in [0.1, 0.15) is 5.75 Å². The molecule has 168 valence electrons. The number of hydrogen-bond acceptors (Lipinski definition) is 5. The molecule has 2 N–H and O–H groups in total. The Balaban J connectivity index is 0.00000341. The molecule has 1 aliphatic heterocycles. The van der Waals surface area contributed by atoms with Crippen molar-refractivity contribution in [3.05, 3.63) is 69.8 Å². The van der Waals surface area contributed by atoms with Crippen molar-refractivity contribution in [2.75, 3.05) is 33.8 Å². The number of nitrogens with one attached hydrogen (secondary N) is 2. The Morgan fingerprint density at radius 3 is 2.52 bits per heavy atom. The zero-order valence-corrected chi connectivity index (χ0v) is 20.2. The number of hydrogen-bond donors (Lipinski definition) is 2. The summed E-state index contributed by atoms with van der Waals surface area (Å²) < 4.78 is 5.41. The zero-order chi connectivity index (χ0) is 21.3. The van der Waals surface area contributed by atoms with E-state index in [0.29, 0.717) is 19.0 Å². The van der Waals surface area contributed by atoms with Crippen LogP contribution in [-0.4, -0.2) is 49.6 Å². The smallest absolute Gasteiger partial charge is 0.269 e. The molecule has 0 aromatic heterocycles. The van der Waals surface area contributed by atoms with Crippen LogP contribution in [0.5, 0.6) is 5.75 Å². The number of aliphatic imine (C=N–C) groups is 1. The van der Waals surface area contributed by atoms with Crippen LogP contribution in [0.25, 0.3) is 0 Å². The molecule has 0 saturated carbocycles. The van der Waals surface area contributed by atoms with E-state index in [1.807, 2.05) is 12.1 Å². The summed E-state index contributed by atoms with van der Waals surface area (Å²) in [7, 11) is 3.42. The van der Waals surface area contributed by atoms with Crippen LogP contribution in [0.2, 0.25) is 0 Å². The summed E-state index contributed by atoms with van der Waals surface area (Å²) in [6, 6.07) is 15.0. The van der Waals surface area contributed by atoms with E-state index in [0.717, 1.165) is 24.4 Å². The first-order valence-electron chi connectivity index (χ1n) is 10.2. The van der Waals surface area contributed by atoms with Gasteiger partial charge in [0.2, 0.25) is 0 Å². The molecular weight excluding hydrogens is 509 g/mol. The maximum atomic E-state index is 10.8. The van der Waals surface area contributed by atoms with Gasteiger partial charge in [0.15, 0.2) is 5.96 Å². The number of nitrogens with zero attached hydrogens (tertiary/aromatic N) is 3. The molecule has 1 atom stereocenters. The maximum Gasteiger partial charge on any atom is 0.269 e. The van der Waals surface area contributed by atoms with Gasteiger partial charge < -0.3 is 15.4 Å². The Morgan fingerprint density at radius 1 is 1.19 bits per heavy atom. The largest absolute Gasteiger partial charge is 0.497 e. The highest BCUT2D eigenvalue weighted by atomic mass is 127. The fraction of sp³-hybridized carbons (Fsp3) is 0.409. The lowest BCUT2D eigenvalue weighted by Crippen LogP contribution is -2.42. The lowest BCUT2D eigenvalue weighted by molar-refractivity contribution is -0.384. The van der Waals surface area contributed by atoms with Crippen molar-refractivity contribution >= 4 is 35.6 Å². The first-order chi connectivity index (χ1) is 14.6. The number of guanidine groups is 1. The molecule has 2 aromatic rings. The molecule has 3 rings (SSSR count). The predicted molar refractivity (Wildman–Crippen MR) is 133 cm³/mol. The van der Waals surface area contributed by atoms with Crippen molar-refractivity contribution in [2.45, 2.75) is 25.4 Å². The normalized spacial score (nSPS) is 15.1. The van der Waals surface area contributed by atoms with Gasteiger partial charge in [-0.1, -0.05) is 24.3 Å². The number of rotatable bonds is 8. The van der Waals surface area contributed by atoms with Gasteiger partial charge in [-0.3, -0.25) is 20.0 Å². The molecule has 1 heterocycles. The Morgan fingerprint density at radius 2 is 1.90 bits per heavy atom. The van der Waals surface area contributed by atoms with Crippen molar-refractivity contribution in [3.8, 4) is 5.75 Å². The van der Waals surface area contributed by atoms with Crippen LogP contribution < -0.4 is 15.4 Å². The molecule has 8 nitrogen and oxygen atoms in total. The third kappa shape index (κ3) is 7.06. The molecule has 1 fully saturated rings. The van der Waals surface area contributed by atoms with Gasteiger partial charge in [-0.15, -0.1) is 24.0 Å². The molecule has 1 aliphatic rings. The van der Waals surface area contributed by atoms with Crippen molar-refractivity contribution in [1.29, 1.82) is 0 Å². The van der Waals surface area contributed by atoms with E-state index in [-0.39, 0.29) is 35.7 Å². The third-order valence-corrected chi connectivity index (χ3v) is 5.35. The van der Waals surface area contributed by atoms with Gasteiger partial charge in [-0.05, 0) is 49.2 Å². The number of nitro groups is 1. The van der Waals surface area contributed by atoms with Crippen LogP contribution in [-0.2, 0) is 6.54 Å². The fourth-order valence-corrected chi connectivity index (χ4v) is 3.70. The molecule has 2 aromatic carbocycles. The molecule has 1 unspecified atom stereocenters. The second-order valence-corrected chi connectivity index (χ2v) is 7.27. The third-order valence-electron chi connectivity index (χ3n) is 5.35. The number of likely N-dealkylation sites (tertiary alicyclic amines) is 1. The van der Waals surface area contributed by atoms with Crippen LogP contribution in [0.1, 0.15) is 30.0 Å². The Labute approximate surface area is 200 Å². The summed E-state index contributed by atoms with van der Waals surface area (Å²) in [5.41, 5.74) is 2.26. The van der Waals surface area contributed by atoms with Crippen LogP contribution in [0.4, 0.5) is 5.69 Å². The molecule has 0 spiro atoms. The van der Waals surface area contributed by atoms with Gasteiger partial charge in [0.05, 0.1) is 18.1 Å². The summed E-state index contributed by atoms with van der Waals surface area (Å²) in [5.74, 6) is 1.55. The molecule has 0 bridgehead atoms. The van der Waals surface area contributed by atoms with E-state index in [1.54, 1.807) is 26.3 Å². The first kappa shape index (κ1) is 24.9. The Hall–Kier alpha value is -2.40. The lowest BCUT2D eigenvalue weighted by Gasteiger charge is -2.29. The first-order valence-corrected chi connectivity index (χ1v) is 10.2. The second-order valence-electron chi connectivity index (χ2n) is 7.27. The number of ether oxygens (including phenoxy) is 1. The van der Waals surface area contributed by atoms with Gasteiger partial charge >= 0.3 is 0 Å². The van der Waals surface area contributed by atoms with Gasteiger partial charge in [-0.25, -0.2) is 0 Å². The highest BCUT2D eigenvalue weighted by Gasteiger charge is 2.24. The lowest BCUT2D eigenvalue weighted by atomic mass is 10.1. The highest BCUT2D eigenvalue weighted by molar-refractivity contribution is 14.0. The number of benzene rings is 2. The van der Waals surface area contributed by atoms with E-state index in [1.165, 1.54) is 30.5 Å². The maximum absolute atomic E-state index is 10.8. The van der Waals surface area contributed by atoms with Gasteiger partial charge in [0, 0.05) is 32.3 Å². The quantitative estimate of drug-likeness (QED) is 0.175. The molecule has 0 amide bonds. The predicted octanol–water partition coefficient (Wildman–Crippen LogP) is 3.72. The van der Waals surface area contributed by atoms with Crippen molar-refractivity contribution < 1.29 is 9.66 Å². The Kier molecular flexibility index (Phi) is 9.99. The SMILES string of the molecule is CN=C(NCc1ccc([N+](=O)[O-])cc1)NCC(c1cccc(OC)c1)N1CCCC1.I. The molecular formula is C22H30IN5O3. The summed E-state index contributed by atoms with van der Waals surface area (Å²) in [5, 5.41) is 17.5. The van der Waals surface area contributed by atoms with Crippen molar-refractivity contribution in [2.24, 2.45) is 4.99 Å². The zero-order valence-electron chi connectivity index (χ0n) is 17.9. The summed E-state index contributed by atoms with van der Waals surface area (Å²) >= 11 is 0. The molecule has 9 heteroatoms. The van der Waals surface area contributed by atoms with E-state index in [9.17, 15) is 10.1 Å². The fourth-order valence-electron chi connectivity index (χ4n) is 3.70. The van der Waals surface area contributed by atoms with Gasteiger partial charge in [-0.2, -0.15) is 0 Å². The topological polar surface area (TPSA) is 92.0 Å². The van der Waals surface area contributed by atoms with E-state index >= 15 is 0 Å². The summed E-state index contributed by atoms with van der Waals surface area (Å²) in [6.07, 6.45) is 2.43. The number of non-ortho nitro benzene ring substituents is 1. The van der Waals surface area contributed by atoms with Crippen LogP contribution in [0.3, 0.4) is 0 Å². The Bertz CT molecular complexity index is 870. The molecule has 0 radical (unpaired) electrons. The molecule has 31 heavy (non-hydrogen) atoms. The summed E-state index contributed by atoms with van der Waals surface area (Å²) in [6.45, 7) is 3.41. The van der Waals surface area contributed by atoms with E-state index in [4.69, 9.17) is 4.74 Å². The molecule has 1 saturated heterocycles. The second kappa shape index (κ2) is 12.5. The number of nitro benzene ring substituents is 1. The minimum absolute atomic E-state index is 0. The highest BCUT2D eigenvalue weighted by Crippen LogP contribution is 2.27. The van der Waals surface area contributed by atoms with Crippen LogP contribution >= 0.6 is 24.0 Å². The average molecular weight is 539 g/mol. The van der Waals surface area contributed by atoms with E-state index < -0.39 is 4.92 Å².